The molecule has 0 saturated heterocycles. The van der Waals surface area contributed by atoms with Gasteiger partial charge in [0.1, 0.15) is 18.3 Å². The molecular weight excluding hydrogens is 329 g/mol. The summed E-state index contributed by atoms with van der Waals surface area (Å²) in [7, 11) is 0. The molecule has 0 saturated carbocycles. The molecule has 7 heteroatoms. The summed E-state index contributed by atoms with van der Waals surface area (Å²) in [4.78, 5) is 3.92. The molecule has 0 fully saturated rings. The largest absolute Gasteiger partial charge is 0.382 e. The van der Waals surface area contributed by atoms with Gasteiger partial charge in [0.05, 0.1) is 6.54 Å². The molecule has 1 unspecified atom stereocenters. The Hall–Kier alpha value is -0.750. The summed E-state index contributed by atoms with van der Waals surface area (Å²) in [5, 5.41) is 16.5. The van der Waals surface area contributed by atoms with E-state index in [1.54, 1.807) is 41.0 Å². The van der Waals surface area contributed by atoms with Gasteiger partial charge in [-0.15, -0.1) is 0 Å². The van der Waals surface area contributed by atoms with Gasteiger partial charge in [-0.05, 0) is 32.2 Å². The van der Waals surface area contributed by atoms with Gasteiger partial charge in [0.2, 0.25) is 0 Å². The molecule has 1 aromatic heterocycles. The minimum absolute atomic E-state index is 0.252. The zero-order valence-corrected chi connectivity index (χ0v) is 14.4. The fourth-order valence-electron chi connectivity index (χ4n) is 2.14. The van der Waals surface area contributed by atoms with Crippen molar-refractivity contribution in [3.8, 4) is 0 Å². The van der Waals surface area contributed by atoms with Crippen LogP contribution >= 0.6 is 35.0 Å². The van der Waals surface area contributed by atoms with Crippen LogP contribution in [0.25, 0.3) is 0 Å². The maximum atomic E-state index is 11.4. The number of rotatable bonds is 5. The predicted molar refractivity (Wildman–Crippen MR) is 88.0 cm³/mol. The van der Waals surface area contributed by atoms with Gasteiger partial charge < -0.3 is 5.11 Å². The minimum Gasteiger partial charge on any atom is -0.382 e. The molecule has 1 N–H and O–H groups in total. The number of aromatic nitrogens is 3. The average molecular weight is 346 g/mol. The molecule has 4 nitrogen and oxygen atoms in total. The topological polar surface area (TPSA) is 50.9 Å². The standard InChI is InChI=1S/C14H17Cl2N3OS/c1-13(2,21-3)14(20,7-19-9-17-8-18-19)11-5-4-10(15)6-12(11)16/h4-6,8-9,20H,7H2,1-3H3. The molecular formula is C14H17Cl2N3OS. The number of halogens is 2. The van der Waals surface area contributed by atoms with Crippen molar-refractivity contribution in [3.63, 3.8) is 0 Å². The molecule has 2 rings (SSSR count). The van der Waals surface area contributed by atoms with Gasteiger partial charge >= 0.3 is 0 Å². The van der Waals surface area contributed by atoms with Crippen molar-refractivity contribution < 1.29 is 5.11 Å². The van der Waals surface area contributed by atoms with Crippen molar-refractivity contribution in [2.75, 3.05) is 6.26 Å². The fourth-order valence-corrected chi connectivity index (χ4v) is 3.22. The van der Waals surface area contributed by atoms with E-state index in [4.69, 9.17) is 23.2 Å². The van der Waals surface area contributed by atoms with Crippen LogP contribution in [-0.4, -0.2) is 30.9 Å². The third kappa shape index (κ3) is 3.21. The van der Waals surface area contributed by atoms with Crippen LogP contribution in [0.2, 0.25) is 10.0 Å². The lowest BCUT2D eigenvalue weighted by molar-refractivity contribution is -0.0136. The van der Waals surface area contributed by atoms with Gasteiger partial charge in [0, 0.05) is 20.4 Å². The second kappa shape index (κ2) is 6.16. The third-order valence-electron chi connectivity index (χ3n) is 3.74. The summed E-state index contributed by atoms with van der Waals surface area (Å²) in [6.45, 7) is 4.20. The number of thioether (sulfide) groups is 1. The Morgan fingerprint density at radius 3 is 2.57 bits per heavy atom. The van der Waals surface area contributed by atoms with E-state index in [0.29, 0.717) is 15.6 Å². The first kappa shape index (κ1) is 16.6. The van der Waals surface area contributed by atoms with Gasteiger partial charge in [-0.2, -0.15) is 16.9 Å². The highest BCUT2D eigenvalue weighted by Crippen LogP contribution is 2.45. The van der Waals surface area contributed by atoms with Crippen molar-refractivity contribution in [1.29, 1.82) is 0 Å². The van der Waals surface area contributed by atoms with E-state index in [1.165, 1.54) is 6.33 Å². The Morgan fingerprint density at radius 1 is 1.33 bits per heavy atom. The molecule has 1 atom stereocenters. The first-order chi connectivity index (χ1) is 9.80. The van der Waals surface area contributed by atoms with Crippen LogP contribution < -0.4 is 0 Å². The lowest BCUT2D eigenvalue weighted by atomic mass is 9.82. The van der Waals surface area contributed by atoms with E-state index in [2.05, 4.69) is 10.1 Å². The molecule has 0 spiro atoms. The zero-order chi connectivity index (χ0) is 15.7. The maximum absolute atomic E-state index is 11.4. The number of hydrogen-bond acceptors (Lipinski definition) is 4. The third-order valence-corrected chi connectivity index (χ3v) is 5.65. The lowest BCUT2D eigenvalue weighted by Gasteiger charge is -2.42. The van der Waals surface area contributed by atoms with Crippen molar-refractivity contribution >= 4 is 35.0 Å². The van der Waals surface area contributed by atoms with Gasteiger partial charge in [0.25, 0.3) is 0 Å². The highest BCUT2D eigenvalue weighted by Gasteiger charge is 2.46. The van der Waals surface area contributed by atoms with Crippen LogP contribution in [0.4, 0.5) is 0 Å². The molecule has 0 amide bonds. The second-order valence-electron chi connectivity index (χ2n) is 5.29. The van der Waals surface area contributed by atoms with Gasteiger partial charge in [-0.1, -0.05) is 29.3 Å². The molecule has 114 valence electrons. The molecule has 21 heavy (non-hydrogen) atoms. The van der Waals surface area contributed by atoms with Crippen LogP contribution in [0.3, 0.4) is 0 Å². The highest BCUT2D eigenvalue weighted by molar-refractivity contribution is 8.00. The van der Waals surface area contributed by atoms with Gasteiger partial charge in [-0.3, -0.25) is 0 Å². The Bertz CT molecular complexity index is 619. The maximum Gasteiger partial charge on any atom is 0.137 e. The van der Waals surface area contributed by atoms with E-state index in [-0.39, 0.29) is 6.54 Å². The molecule has 0 radical (unpaired) electrons. The van der Waals surface area contributed by atoms with Crippen molar-refractivity contribution in [1.82, 2.24) is 14.8 Å². The Labute approximate surface area is 138 Å². The van der Waals surface area contributed by atoms with Gasteiger partial charge in [-0.25, -0.2) is 9.67 Å². The second-order valence-corrected chi connectivity index (χ2v) is 7.56. The van der Waals surface area contributed by atoms with Crippen molar-refractivity contribution in [2.24, 2.45) is 0 Å². The number of hydrogen-bond donors (Lipinski definition) is 1. The van der Waals surface area contributed by atoms with Crippen molar-refractivity contribution in [3.05, 3.63) is 46.5 Å². The van der Waals surface area contributed by atoms with Crippen LogP contribution in [0.15, 0.2) is 30.9 Å². The molecule has 1 heterocycles. The molecule has 1 aromatic carbocycles. The summed E-state index contributed by atoms with van der Waals surface area (Å²) < 4.78 is 1.11. The Kier molecular flexibility index (Phi) is 4.88. The van der Waals surface area contributed by atoms with Crippen LogP contribution in [0.1, 0.15) is 19.4 Å². The van der Waals surface area contributed by atoms with E-state index < -0.39 is 10.3 Å². The average Bonchev–Trinajstić information content (AvgIpc) is 2.90. The first-order valence-electron chi connectivity index (χ1n) is 6.35. The summed E-state index contributed by atoms with van der Waals surface area (Å²) in [5.41, 5.74) is -0.592. The predicted octanol–water partition coefficient (Wildman–Crippen LogP) is 3.61. The van der Waals surface area contributed by atoms with E-state index in [0.717, 1.165) is 0 Å². The van der Waals surface area contributed by atoms with Crippen LogP contribution in [-0.2, 0) is 12.1 Å². The first-order valence-corrected chi connectivity index (χ1v) is 8.34. The summed E-state index contributed by atoms with van der Waals surface area (Å²) in [5.74, 6) is 0. The van der Waals surface area contributed by atoms with E-state index >= 15 is 0 Å². The summed E-state index contributed by atoms with van der Waals surface area (Å²) in [6, 6.07) is 5.13. The summed E-state index contributed by atoms with van der Waals surface area (Å²) >= 11 is 13.8. The molecule has 0 aliphatic carbocycles. The SMILES string of the molecule is CSC(C)(C)C(O)(Cn1cncn1)c1ccc(Cl)cc1Cl. The number of aliphatic hydroxyl groups is 1. The molecule has 0 aliphatic rings. The zero-order valence-electron chi connectivity index (χ0n) is 12.0. The quantitative estimate of drug-likeness (QED) is 0.899. The molecule has 0 aliphatic heterocycles. The lowest BCUT2D eigenvalue weighted by Crippen LogP contribution is -2.48. The van der Waals surface area contributed by atoms with Crippen molar-refractivity contribution in [2.45, 2.75) is 30.7 Å². The highest BCUT2D eigenvalue weighted by atomic mass is 35.5. The Balaban J connectivity index is 2.54. The van der Waals surface area contributed by atoms with Gasteiger partial charge in [0.15, 0.2) is 0 Å². The summed E-state index contributed by atoms with van der Waals surface area (Å²) in [6.07, 6.45) is 4.97. The smallest absolute Gasteiger partial charge is 0.137 e. The van der Waals surface area contributed by atoms with Crippen LogP contribution in [0, 0.1) is 0 Å². The monoisotopic (exact) mass is 345 g/mol. The van der Waals surface area contributed by atoms with E-state index in [1.807, 2.05) is 20.1 Å². The Morgan fingerprint density at radius 2 is 2.05 bits per heavy atom. The molecule has 0 bridgehead atoms. The molecule has 2 aromatic rings. The normalized spacial score (nSPS) is 15.0. The minimum atomic E-state index is -1.22. The van der Waals surface area contributed by atoms with E-state index in [9.17, 15) is 5.11 Å². The number of benzene rings is 1. The number of nitrogens with zero attached hydrogens (tertiary/aromatic N) is 3. The van der Waals surface area contributed by atoms with Crippen LogP contribution in [0.5, 0.6) is 0 Å². The fraction of sp³-hybridized carbons (Fsp3) is 0.429.